The molecule has 0 unspecified atom stereocenters. The van der Waals surface area contributed by atoms with Crippen LogP contribution in [0, 0.1) is 11.3 Å². The second kappa shape index (κ2) is 7.77. The van der Waals surface area contributed by atoms with E-state index in [1.54, 1.807) is 22.9 Å². The normalized spacial score (nSPS) is 12.9. The Hall–Kier alpha value is -2.90. The first kappa shape index (κ1) is 20.4. The monoisotopic (exact) mass is 398 g/mol. The number of methoxy groups -OCH3 is 1. The van der Waals surface area contributed by atoms with Crippen molar-refractivity contribution in [3.63, 3.8) is 0 Å². The Morgan fingerprint density at radius 3 is 2.33 bits per heavy atom. The number of benzene rings is 2. The number of hydrogen-bond acceptors (Lipinski definition) is 5. The number of ether oxygens (including phenoxy) is 1. The molecule has 0 aliphatic heterocycles. The molecule has 142 valence electrons. The number of hydrogen-bond donors (Lipinski definition) is 1. The summed E-state index contributed by atoms with van der Waals surface area (Å²) in [5.41, 5.74) is -1.78. The van der Waals surface area contributed by atoms with Crippen LogP contribution in [0.1, 0.15) is 22.8 Å². The van der Waals surface area contributed by atoms with Crippen molar-refractivity contribution in [3.05, 3.63) is 65.2 Å². The molecule has 0 aromatic heterocycles. The number of sulfonamides is 1. The fourth-order valence-electron chi connectivity index (χ4n) is 2.29. The van der Waals surface area contributed by atoms with Crippen LogP contribution in [0.2, 0.25) is 0 Å². The lowest BCUT2D eigenvalue weighted by molar-refractivity contribution is -0.138. The fourth-order valence-corrected chi connectivity index (χ4v) is 3.30. The zero-order valence-electron chi connectivity index (χ0n) is 13.8. The Morgan fingerprint density at radius 1 is 1.19 bits per heavy atom. The summed E-state index contributed by atoms with van der Waals surface area (Å²) in [5.74, 6) is -1.07. The smallest absolute Gasteiger partial charge is 0.367 e. The zero-order valence-corrected chi connectivity index (χ0v) is 14.6. The minimum absolute atomic E-state index is 0.304. The molecule has 1 amide bonds. The molecule has 1 N–H and O–H groups in total. The standard InChI is InChI=1S/C17H13F3N2O4S/c1-26-15(11-5-3-2-4-6-11)16(23)22-27(24,25)13-8-7-12(10-21)14(9-13)17(18,19)20/h2-9,15H,1H3,(H,22,23)/t15-/m0/s1. The van der Waals surface area contributed by atoms with Gasteiger partial charge in [0.05, 0.1) is 22.1 Å². The summed E-state index contributed by atoms with van der Waals surface area (Å²) in [6.45, 7) is 0. The number of nitriles is 1. The highest BCUT2D eigenvalue weighted by Gasteiger charge is 2.35. The molecule has 0 spiro atoms. The molecule has 0 saturated heterocycles. The van der Waals surface area contributed by atoms with Crippen LogP contribution in [0.4, 0.5) is 13.2 Å². The summed E-state index contributed by atoms with van der Waals surface area (Å²) < 4.78 is 70.4. The number of nitrogens with zero attached hydrogens (tertiary/aromatic N) is 1. The van der Waals surface area contributed by atoms with Crippen LogP contribution >= 0.6 is 0 Å². The number of carbonyl (C=O) groups excluding carboxylic acids is 1. The highest BCUT2D eigenvalue weighted by molar-refractivity contribution is 7.90. The van der Waals surface area contributed by atoms with Crippen LogP contribution in [0.25, 0.3) is 0 Å². The van der Waals surface area contributed by atoms with Gasteiger partial charge in [-0.25, -0.2) is 13.1 Å². The van der Waals surface area contributed by atoms with E-state index < -0.39 is 44.2 Å². The number of carbonyl (C=O) groups is 1. The highest BCUT2D eigenvalue weighted by Crippen LogP contribution is 2.33. The van der Waals surface area contributed by atoms with Crippen LogP contribution in [0.3, 0.4) is 0 Å². The number of amides is 1. The highest BCUT2D eigenvalue weighted by atomic mass is 32.2. The number of nitrogens with one attached hydrogen (secondary N) is 1. The molecule has 0 fully saturated rings. The molecule has 6 nitrogen and oxygen atoms in total. The van der Waals surface area contributed by atoms with Gasteiger partial charge in [0, 0.05) is 7.11 Å². The van der Waals surface area contributed by atoms with Gasteiger partial charge in [-0.15, -0.1) is 0 Å². The SMILES string of the molecule is CO[C@H](C(=O)NS(=O)(=O)c1ccc(C#N)c(C(F)(F)F)c1)c1ccccc1. The quantitative estimate of drug-likeness (QED) is 0.836. The third kappa shape index (κ3) is 4.64. The first-order valence-corrected chi connectivity index (χ1v) is 8.84. The average molecular weight is 398 g/mol. The van der Waals surface area contributed by atoms with E-state index >= 15 is 0 Å². The lowest BCUT2D eigenvalue weighted by Crippen LogP contribution is -2.35. The summed E-state index contributed by atoms with van der Waals surface area (Å²) in [5, 5.41) is 8.77. The van der Waals surface area contributed by atoms with Crippen molar-refractivity contribution in [3.8, 4) is 6.07 Å². The molecule has 0 saturated carbocycles. The van der Waals surface area contributed by atoms with E-state index in [1.165, 1.54) is 25.3 Å². The fraction of sp³-hybridized carbons (Fsp3) is 0.176. The Kier molecular flexibility index (Phi) is 5.88. The molecule has 0 radical (unpaired) electrons. The molecule has 27 heavy (non-hydrogen) atoms. The third-order valence-corrected chi connectivity index (χ3v) is 4.88. The van der Waals surface area contributed by atoms with Crippen molar-refractivity contribution in [1.82, 2.24) is 4.72 Å². The third-order valence-electron chi connectivity index (χ3n) is 3.54. The molecule has 0 aliphatic carbocycles. The molecular formula is C17H13F3N2O4S. The van der Waals surface area contributed by atoms with Crippen LogP contribution in [-0.2, 0) is 25.7 Å². The summed E-state index contributed by atoms with van der Waals surface area (Å²) in [7, 11) is -3.43. The van der Waals surface area contributed by atoms with Crippen molar-refractivity contribution in [1.29, 1.82) is 5.26 Å². The second-order valence-corrected chi connectivity index (χ2v) is 7.00. The predicted octanol–water partition coefficient (Wildman–Crippen LogP) is 2.77. The largest absolute Gasteiger partial charge is 0.417 e. The van der Waals surface area contributed by atoms with Gasteiger partial charge in [0.25, 0.3) is 15.9 Å². The van der Waals surface area contributed by atoms with E-state index in [2.05, 4.69) is 0 Å². The van der Waals surface area contributed by atoms with Gasteiger partial charge < -0.3 is 4.74 Å². The zero-order chi connectivity index (χ0) is 20.2. The van der Waals surface area contributed by atoms with Crippen molar-refractivity contribution < 1.29 is 31.1 Å². The van der Waals surface area contributed by atoms with E-state index in [-0.39, 0.29) is 0 Å². The summed E-state index contributed by atoms with van der Waals surface area (Å²) in [6.07, 6.45) is -6.21. The van der Waals surface area contributed by atoms with E-state index in [9.17, 15) is 26.4 Å². The first-order chi connectivity index (χ1) is 12.6. The molecule has 10 heteroatoms. The maximum absolute atomic E-state index is 13.0. The van der Waals surface area contributed by atoms with Crippen LogP contribution < -0.4 is 4.72 Å². The van der Waals surface area contributed by atoms with Gasteiger partial charge in [-0.05, 0) is 23.8 Å². The van der Waals surface area contributed by atoms with Gasteiger partial charge in [0.1, 0.15) is 0 Å². The Labute approximate surface area is 153 Å². The van der Waals surface area contributed by atoms with Crippen LogP contribution in [-0.4, -0.2) is 21.4 Å². The van der Waals surface area contributed by atoms with Gasteiger partial charge >= 0.3 is 6.18 Å². The Balaban J connectivity index is 2.36. The van der Waals surface area contributed by atoms with E-state index in [4.69, 9.17) is 10.00 Å². The van der Waals surface area contributed by atoms with Gasteiger partial charge in [0.15, 0.2) is 6.10 Å². The van der Waals surface area contributed by atoms with E-state index in [0.717, 1.165) is 12.1 Å². The average Bonchev–Trinajstić information content (AvgIpc) is 2.61. The number of rotatable bonds is 5. The minimum atomic E-state index is -4.93. The predicted molar refractivity (Wildman–Crippen MR) is 87.7 cm³/mol. The Bertz CT molecular complexity index is 983. The van der Waals surface area contributed by atoms with Gasteiger partial charge in [-0.1, -0.05) is 30.3 Å². The van der Waals surface area contributed by atoms with Gasteiger partial charge in [-0.2, -0.15) is 18.4 Å². The van der Waals surface area contributed by atoms with Crippen molar-refractivity contribution in [2.75, 3.05) is 7.11 Å². The van der Waals surface area contributed by atoms with Crippen molar-refractivity contribution >= 4 is 15.9 Å². The summed E-state index contributed by atoms with van der Waals surface area (Å²) in [4.78, 5) is 11.5. The summed E-state index contributed by atoms with van der Waals surface area (Å²) in [6, 6.07) is 11.2. The number of alkyl halides is 3. The molecule has 0 heterocycles. The molecule has 2 aromatic rings. The lowest BCUT2D eigenvalue weighted by Gasteiger charge is -2.16. The molecule has 1 atom stereocenters. The maximum Gasteiger partial charge on any atom is 0.417 e. The van der Waals surface area contributed by atoms with Gasteiger partial charge in [-0.3, -0.25) is 4.79 Å². The van der Waals surface area contributed by atoms with Gasteiger partial charge in [0.2, 0.25) is 0 Å². The summed E-state index contributed by atoms with van der Waals surface area (Å²) >= 11 is 0. The minimum Gasteiger partial charge on any atom is -0.367 e. The molecule has 0 bridgehead atoms. The lowest BCUT2D eigenvalue weighted by atomic mass is 10.1. The van der Waals surface area contributed by atoms with E-state index in [0.29, 0.717) is 11.6 Å². The topological polar surface area (TPSA) is 96.3 Å². The van der Waals surface area contributed by atoms with Crippen molar-refractivity contribution in [2.24, 2.45) is 0 Å². The molecule has 2 rings (SSSR count). The van der Waals surface area contributed by atoms with Crippen molar-refractivity contribution in [2.45, 2.75) is 17.2 Å². The number of halogens is 3. The molecular weight excluding hydrogens is 385 g/mol. The molecule has 0 aliphatic rings. The molecule has 2 aromatic carbocycles. The Morgan fingerprint density at radius 2 is 1.81 bits per heavy atom. The van der Waals surface area contributed by atoms with Crippen LogP contribution in [0.15, 0.2) is 53.4 Å². The van der Waals surface area contributed by atoms with Crippen LogP contribution in [0.5, 0.6) is 0 Å². The maximum atomic E-state index is 13.0. The van der Waals surface area contributed by atoms with E-state index in [1.807, 2.05) is 0 Å². The first-order valence-electron chi connectivity index (χ1n) is 7.36. The second-order valence-electron chi connectivity index (χ2n) is 5.31.